The van der Waals surface area contributed by atoms with Crippen LogP contribution < -0.4 is 15.2 Å². The normalized spacial score (nSPS) is 21.3. The van der Waals surface area contributed by atoms with Crippen LogP contribution >= 0.6 is 0 Å². The summed E-state index contributed by atoms with van der Waals surface area (Å²) in [5, 5.41) is 13.2. The zero-order chi connectivity index (χ0) is 21.6. The standard InChI is InChI=1S/C21H27N5O4S/c1-29-15-8-9-26-20(30-12-15)18(11-23-26)31(22,28)25-21(27)24-19-16-6-2-4-13(16)10-14-5-3-7-17(14)19/h10-11,15H,2-9,12H2,1H3,(H3,22,24,25,27,28)/t15-,31-/m0/s1. The summed E-state index contributed by atoms with van der Waals surface area (Å²) in [5.41, 5.74) is 5.81. The van der Waals surface area contributed by atoms with E-state index in [1.54, 1.807) is 11.8 Å². The summed E-state index contributed by atoms with van der Waals surface area (Å²) < 4.78 is 29.8. The summed E-state index contributed by atoms with van der Waals surface area (Å²) in [6.45, 7) is 0.830. The van der Waals surface area contributed by atoms with Crippen LogP contribution in [-0.2, 0) is 46.9 Å². The Labute approximate surface area is 181 Å². The second kappa shape index (κ2) is 7.92. The molecular weight excluding hydrogens is 418 g/mol. The van der Waals surface area contributed by atoms with Gasteiger partial charge in [-0.05, 0) is 67.2 Å². The minimum atomic E-state index is -3.53. The van der Waals surface area contributed by atoms with Crippen LogP contribution in [0.3, 0.4) is 0 Å². The summed E-state index contributed by atoms with van der Waals surface area (Å²) in [5.74, 6) is 0.282. The number of nitrogens with one attached hydrogen (secondary N) is 1. The molecule has 166 valence electrons. The largest absolute Gasteiger partial charge is 0.474 e. The van der Waals surface area contributed by atoms with Crippen molar-refractivity contribution in [1.29, 1.82) is 0 Å². The van der Waals surface area contributed by atoms with E-state index in [4.69, 9.17) is 14.6 Å². The van der Waals surface area contributed by atoms with Crippen molar-refractivity contribution < 1.29 is 18.5 Å². The van der Waals surface area contributed by atoms with Gasteiger partial charge in [0.1, 0.15) is 11.5 Å². The van der Waals surface area contributed by atoms with Crippen LogP contribution in [0, 0.1) is 0 Å². The molecule has 1 aliphatic heterocycles. The van der Waals surface area contributed by atoms with E-state index in [2.05, 4.69) is 20.8 Å². The third kappa shape index (κ3) is 3.72. The Morgan fingerprint density at radius 1 is 1.29 bits per heavy atom. The molecule has 0 fully saturated rings. The maximum atomic E-state index is 13.2. The van der Waals surface area contributed by atoms with Crippen LogP contribution in [0.5, 0.6) is 5.88 Å². The number of aryl methyl sites for hydroxylation is 3. The molecule has 0 saturated heterocycles. The first-order valence-electron chi connectivity index (χ1n) is 10.7. The van der Waals surface area contributed by atoms with Crippen molar-refractivity contribution in [2.24, 2.45) is 9.50 Å². The van der Waals surface area contributed by atoms with Crippen molar-refractivity contribution >= 4 is 21.6 Å². The SMILES string of the molecule is CO[C@H]1CCn2ncc([S@@](N)(=O)=NC(=O)Nc3c4c(cc5c3CCC5)CCC4)c2OC1. The highest BCUT2D eigenvalue weighted by Gasteiger charge is 2.28. The molecular formula is C21H27N5O4S. The molecule has 2 heterocycles. The average molecular weight is 446 g/mol. The highest BCUT2D eigenvalue weighted by atomic mass is 32.2. The second-order valence-electron chi connectivity index (χ2n) is 8.32. The van der Waals surface area contributed by atoms with E-state index in [9.17, 15) is 9.00 Å². The molecule has 1 aromatic carbocycles. The molecule has 0 spiro atoms. The van der Waals surface area contributed by atoms with Gasteiger partial charge in [0.15, 0.2) is 9.92 Å². The lowest BCUT2D eigenvalue weighted by molar-refractivity contribution is 0.0568. The summed E-state index contributed by atoms with van der Waals surface area (Å²) >= 11 is 0. The van der Waals surface area contributed by atoms with Gasteiger partial charge in [0.25, 0.3) is 0 Å². The van der Waals surface area contributed by atoms with E-state index in [1.807, 2.05) is 0 Å². The topological polar surface area (TPSA) is 121 Å². The van der Waals surface area contributed by atoms with Crippen molar-refractivity contribution in [2.75, 3.05) is 19.0 Å². The molecule has 0 saturated carbocycles. The minimum Gasteiger partial charge on any atom is -0.474 e. The molecule has 3 aliphatic rings. The zero-order valence-corrected chi connectivity index (χ0v) is 18.4. The Kier molecular flexibility index (Phi) is 5.23. The highest BCUT2D eigenvalue weighted by molar-refractivity contribution is 7.91. The number of fused-ring (bicyclic) bond motifs is 3. The molecule has 0 radical (unpaired) electrons. The molecule has 3 N–H and O–H groups in total. The fourth-order valence-corrected chi connectivity index (χ4v) is 5.84. The van der Waals surface area contributed by atoms with Gasteiger partial charge in [-0.25, -0.2) is 18.8 Å². The lowest BCUT2D eigenvalue weighted by Crippen LogP contribution is -2.21. The summed E-state index contributed by atoms with van der Waals surface area (Å²) in [7, 11) is -1.92. The van der Waals surface area contributed by atoms with Gasteiger partial charge in [-0.1, -0.05) is 6.07 Å². The predicted molar refractivity (Wildman–Crippen MR) is 116 cm³/mol. The monoisotopic (exact) mass is 445 g/mol. The first-order chi connectivity index (χ1) is 15.0. The van der Waals surface area contributed by atoms with Crippen LogP contribution in [0.15, 0.2) is 21.5 Å². The van der Waals surface area contributed by atoms with E-state index < -0.39 is 15.9 Å². The van der Waals surface area contributed by atoms with Crippen molar-refractivity contribution in [2.45, 2.75) is 62.5 Å². The molecule has 10 heteroatoms. The molecule has 31 heavy (non-hydrogen) atoms. The zero-order valence-electron chi connectivity index (χ0n) is 17.6. The number of nitrogens with two attached hydrogens (primary N) is 1. The van der Waals surface area contributed by atoms with Gasteiger partial charge < -0.3 is 14.8 Å². The van der Waals surface area contributed by atoms with Crippen LogP contribution in [0.25, 0.3) is 0 Å². The third-order valence-electron chi connectivity index (χ3n) is 6.40. The van der Waals surface area contributed by atoms with Crippen molar-refractivity contribution in [1.82, 2.24) is 9.78 Å². The number of benzene rings is 1. The molecule has 2 aliphatic carbocycles. The number of hydrogen-bond donors (Lipinski definition) is 2. The Hall–Kier alpha value is -2.43. The molecule has 2 atom stereocenters. The van der Waals surface area contributed by atoms with E-state index in [0.717, 1.165) is 44.2 Å². The number of nitrogens with zero attached hydrogens (tertiary/aromatic N) is 3. The fraction of sp³-hybridized carbons (Fsp3) is 0.524. The third-order valence-corrected chi connectivity index (χ3v) is 7.75. The van der Waals surface area contributed by atoms with E-state index in [0.29, 0.717) is 19.6 Å². The number of amides is 2. The number of ether oxygens (including phenoxy) is 2. The number of methoxy groups -OCH3 is 1. The first-order valence-corrected chi connectivity index (χ1v) is 12.3. The first kappa shape index (κ1) is 20.5. The van der Waals surface area contributed by atoms with Gasteiger partial charge in [0.05, 0.1) is 12.3 Å². The van der Waals surface area contributed by atoms with E-state index >= 15 is 0 Å². The molecule has 0 bridgehead atoms. The fourth-order valence-electron chi connectivity index (χ4n) is 4.84. The molecule has 5 rings (SSSR count). The Bertz CT molecular complexity index is 1130. The number of aromatic nitrogens is 2. The number of rotatable bonds is 3. The van der Waals surface area contributed by atoms with Crippen molar-refractivity contribution in [3.8, 4) is 5.88 Å². The average Bonchev–Trinajstić information content (AvgIpc) is 3.45. The lowest BCUT2D eigenvalue weighted by Gasteiger charge is -2.15. The van der Waals surface area contributed by atoms with Crippen molar-refractivity contribution in [3.05, 3.63) is 34.5 Å². The van der Waals surface area contributed by atoms with Crippen LogP contribution in [0.4, 0.5) is 10.5 Å². The smallest absolute Gasteiger partial charge is 0.354 e. The van der Waals surface area contributed by atoms with Crippen LogP contribution in [-0.4, -0.2) is 39.8 Å². The quantitative estimate of drug-likeness (QED) is 0.752. The molecule has 9 nitrogen and oxygen atoms in total. The maximum absolute atomic E-state index is 13.2. The van der Waals surface area contributed by atoms with Gasteiger partial charge in [-0.3, -0.25) is 0 Å². The number of carbonyl (C=O) groups excluding carboxylic acids is 1. The Morgan fingerprint density at radius 2 is 2.00 bits per heavy atom. The van der Waals surface area contributed by atoms with Gasteiger partial charge in [0.2, 0.25) is 5.88 Å². The van der Waals surface area contributed by atoms with Gasteiger partial charge in [0, 0.05) is 19.3 Å². The molecule has 2 aromatic rings. The number of anilines is 1. The van der Waals surface area contributed by atoms with Gasteiger partial charge in [-0.2, -0.15) is 5.10 Å². The maximum Gasteiger partial charge on any atom is 0.354 e. The van der Waals surface area contributed by atoms with Crippen molar-refractivity contribution in [3.63, 3.8) is 0 Å². The number of urea groups is 1. The highest BCUT2D eigenvalue weighted by Crippen LogP contribution is 2.38. The lowest BCUT2D eigenvalue weighted by atomic mass is 9.99. The minimum absolute atomic E-state index is 0.0918. The van der Waals surface area contributed by atoms with Gasteiger partial charge in [-0.15, -0.1) is 4.36 Å². The van der Waals surface area contributed by atoms with E-state index in [-0.39, 0.29) is 16.9 Å². The Balaban J connectivity index is 1.44. The molecule has 2 amide bonds. The molecule has 1 aromatic heterocycles. The van der Waals surface area contributed by atoms with Crippen LogP contribution in [0.2, 0.25) is 0 Å². The Morgan fingerprint density at radius 3 is 2.68 bits per heavy atom. The summed E-state index contributed by atoms with van der Waals surface area (Å²) in [4.78, 5) is 13.0. The molecule has 0 unspecified atom stereocenters. The summed E-state index contributed by atoms with van der Waals surface area (Å²) in [6.07, 6.45) is 8.06. The second-order valence-corrected chi connectivity index (χ2v) is 10.1. The number of carbonyl (C=O) groups is 1. The van der Waals surface area contributed by atoms with E-state index in [1.165, 1.54) is 28.5 Å². The predicted octanol–water partition coefficient (Wildman–Crippen LogP) is 2.59. The van der Waals surface area contributed by atoms with Gasteiger partial charge >= 0.3 is 6.03 Å². The van der Waals surface area contributed by atoms with Crippen LogP contribution in [0.1, 0.15) is 41.5 Å². The number of hydrogen-bond acceptors (Lipinski definition) is 5. The summed E-state index contributed by atoms with van der Waals surface area (Å²) in [6, 6.07) is 1.58.